The van der Waals surface area contributed by atoms with Gasteiger partial charge in [0.2, 0.25) is 0 Å². The van der Waals surface area contributed by atoms with Crippen LogP contribution >= 0.6 is 34.3 Å². The van der Waals surface area contributed by atoms with Crippen molar-refractivity contribution < 1.29 is 18.0 Å². The van der Waals surface area contributed by atoms with Crippen LogP contribution in [0.25, 0.3) is 10.1 Å². The molecule has 0 fully saturated rings. The zero-order valence-corrected chi connectivity index (χ0v) is 16.2. The van der Waals surface area contributed by atoms with Gasteiger partial charge in [-0.15, -0.1) is 22.7 Å². The highest BCUT2D eigenvalue weighted by Gasteiger charge is 2.39. The van der Waals surface area contributed by atoms with Gasteiger partial charge in [-0.3, -0.25) is 4.79 Å². The Morgan fingerprint density at radius 1 is 1.27 bits per heavy atom. The number of amides is 1. The van der Waals surface area contributed by atoms with Gasteiger partial charge >= 0.3 is 6.18 Å². The molecule has 0 aliphatic carbocycles. The number of hydrogen-bond acceptors (Lipinski definition) is 4. The zero-order valence-electron chi connectivity index (χ0n) is 13.8. The van der Waals surface area contributed by atoms with Crippen LogP contribution in [0.3, 0.4) is 0 Å². The monoisotopic (exact) mass is 418 g/mol. The molecule has 0 unspecified atom stereocenters. The average Bonchev–Trinajstić information content (AvgIpc) is 3.09. The van der Waals surface area contributed by atoms with Crippen LogP contribution in [0, 0.1) is 13.8 Å². The van der Waals surface area contributed by atoms with Crippen LogP contribution < -0.4 is 5.32 Å². The van der Waals surface area contributed by atoms with Crippen molar-refractivity contribution in [1.82, 2.24) is 10.3 Å². The molecule has 26 heavy (non-hydrogen) atoms. The summed E-state index contributed by atoms with van der Waals surface area (Å²) in [6.45, 7) is 3.66. The van der Waals surface area contributed by atoms with Crippen LogP contribution in [0.15, 0.2) is 18.2 Å². The summed E-state index contributed by atoms with van der Waals surface area (Å²) in [4.78, 5) is 16.3. The van der Waals surface area contributed by atoms with Crippen molar-refractivity contribution in [1.29, 1.82) is 0 Å². The molecule has 1 aromatic carbocycles. The first kappa shape index (κ1) is 19.1. The Morgan fingerprint density at radius 3 is 2.69 bits per heavy atom. The Labute approximate surface area is 160 Å². The van der Waals surface area contributed by atoms with E-state index in [0.717, 1.165) is 31.9 Å². The topological polar surface area (TPSA) is 42.0 Å². The average molecular weight is 419 g/mol. The lowest BCUT2D eigenvalue weighted by molar-refractivity contribution is -0.141. The van der Waals surface area contributed by atoms with Gasteiger partial charge in [0.25, 0.3) is 5.91 Å². The predicted molar refractivity (Wildman–Crippen MR) is 99.5 cm³/mol. The van der Waals surface area contributed by atoms with E-state index < -0.39 is 22.7 Å². The van der Waals surface area contributed by atoms with Crippen molar-refractivity contribution in [2.75, 3.05) is 6.54 Å². The number of thiophene rings is 1. The summed E-state index contributed by atoms with van der Waals surface area (Å²) in [6, 6.07) is 5.64. The number of carbonyl (C=O) groups excluding carboxylic acids is 1. The second-order valence-corrected chi connectivity index (χ2v) is 8.48. The number of aryl methyl sites for hydroxylation is 2. The quantitative estimate of drug-likeness (QED) is 0.597. The van der Waals surface area contributed by atoms with Gasteiger partial charge < -0.3 is 5.32 Å². The number of thiazole rings is 1. The third-order valence-corrected chi connectivity index (χ3v) is 6.38. The maximum Gasteiger partial charge on any atom is 0.435 e. The number of halogens is 4. The highest BCUT2D eigenvalue weighted by atomic mass is 35.5. The summed E-state index contributed by atoms with van der Waals surface area (Å²) < 4.78 is 40.0. The molecule has 3 nitrogen and oxygen atoms in total. The molecule has 0 spiro atoms. The molecule has 0 saturated carbocycles. The van der Waals surface area contributed by atoms with Crippen LogP contribution in [-0.2, 0) is 12.6 Å². The number of benzene rings is 1. The van der Waals surface area contributed by atoms with Gasteiger partial charge in [-0.25, -0.2) is 4.98 Å². The number of alkyl halides is 3. The molecule has 0 aliphatic rings. The minimum atomic E-state index is -4.64. The SMILES string of the molecule is Cc1nc(C(F)(F)F)c(C(=O)NCCc2sc3ccc(Cl)cc3c2C)s1. The number of hydrogen-bond donors (Lipinski definition) is 1. The minimum absolute atomic E-state index is 0.208. The van der Waals surface area contributed by atoms with E-state index in [1.54, 1.807) is 11.3 Å². The number of aromatic nitrogens is 1. The van der Waals surface area contributed by atoms with Crippen molar-refractivity contribution in [3.63, 3.8) is 0 Å². The lowest BCUT2D eigenvalue weighted by atomic mass is 10.1. The number of rotatable bonds is 4. The largest absolute Gasteiger partial charge is 0.435 e. The summed E-state index contributed by atoms with van der Waals surface area (Å²) in [7, 11) is 0. The fourth-order valence-electron chi connectivity index (χ4n) is 2.63. The van der Waals surface area contributed by atoms with E-state index in [-0.39, 0.29) is 11.6 Å². The standard InChI is InChI=1S/C17H14ClF3N2OS2/c1-8-11-7-10(18)3-4-13(11)26-12(8)5-6-22-16(24)14-15(17(19,20)21)23-9(2)25-14/h3-4,7H,5-6H2,1-2H3,(H,22,24). The van der Waals surface area contributed by atoms with Gasteiger partial charge in [-0.05, 0) is 49.4 Å². The molecule has 9 heteroatoms. The van der Waals surface area contributed by atoms with Crippen LogP contribution in [0.5, 0.6) is 0 Å². The third kappa shape index (κ3) is 3.87. The molecule has 0 saturated heterocycles. The Hall–Kier alpha value is -1.64. The summed E-state index contributed by atoms with van der Waals surface area (Å²) in [5, 5.41) is 4.48. The summed E-state index contributed by atoms with van der Waals surface area (Å²) >= 11 is 8.36. The van der Waals surface area contributed by atoms with Gasteiger partial charge in [0.05, 0.1) is 5.01 Å². The summed E-state index contributed by atoms with van der Waals surface area (Å²) in [5.41, 5.74) is -0.0449. The fourth-order valence-corrected chi connectivity index (χ4v) is 4.84. The highest BCUT2D eigenvalue weighted by molar-refractivity contribution is 7.19. The Balaban J connectivity index is 1.71. The Kier molecular flexibility index (Phi) is 5.28. The van der Waals surface area contributed by atoms with Crippen LogP contribution in [0.2, 0.25) is 5.02 Å². The first-order chi connectivity index (χ1) is 12.2. The highest BCUT2D eigenvalue weighted by Crippen LogP contribution is 2.35. The molecular formula is C17H14ClF3N2OS2. The fraction of sp³-hybridized carbons (Fsp3) is 0.294. The van der Waals surface area contributed by atoms with Crippen molar-refractivity contribution in [3.05, 3.63) is 49.2 Å². The normalized spacial score (nSPS) is 11.9. The molecule has 0 aliphatic heterocycles. The maximum atomic E-state index is 13.0. The van der Waals surface area contributed by atoms with E-state index >= 15 is 0 Å². The molecule has 2 aromatic heterocycles. The van der Waals surface area contributed by atoms with Crippen LogP contribution in [0.1, 0.15) is 30.8 Å². The summed E-state index contributed by atoms with van der Waals surface area (Å²) in [5.74, 6) is -0.746. The zero-order chi connectivity index (χ0) is 19.1. The van der Waals surface area contributed by atoms with Crippen molar-refractivity contribution in [2.24, 2.45) is 0 Å². The van der Waals surface area contributed by atoms with E-state index in [2.05, 4.69) is 10.3 Å². The molecule has 3 aromatic rings. The number of fused-ring (bicyclic) bond motifs is 1. The van der Waals surface area contributed by atoms with E-state index in [9.17, 15) is 18.0 Å². The summed E-state index contributed by atoms with van der Waals surface area (Å²) in [6.07, 6.45) is -4.10. The van der Waals surface area contributed by atoms with E-state index in [1.807, 2.05) is 25.1 Å². The van der Waals surface area contributed by atoms with Gasteiger partial charge in [-0.1, -0.05) is 11.6 Å². The Bertz CT molecular complexity index is 978. The second-order valence-electron chi connectivity index (χ2n) is 5.70. The lowest BCUT2D eigenvalue weighted by Crippen LogP contribution is -2.27. The molecule has 1 amide bonds. The molecule has 138 valence electrons. The smallest absolute Gasteiger partial charge is 0.351 e. The number of carbonyl (C=O) groups is 1. The molecule has 1 N–H and O–H groups in total. The first-order valence-corrected chi connectivity index (χ1v) is 9.68. The van der Waals surface area contributed by atoms with E-state index in [4.69, 9.17) is 11.6 Å². The second kappa shape index (κ2) is 7.17. The molecule has 2 heterocycles. The van der Waals surface area contributed by atoms with Crippen molar-refractivity contribution in [2.45, 2.75) is 26.4 Å². The number of nitrogens with one attached hydrogen (secondary N) is 1. The van der Waals surface area contributed by atoms with Gasteiger partial charge in [-0.2, -0.15) is 13.2 Å². The molecular weight excluding hydrogens is 405 g/mol. The van der Waals surface area contributed by atoms with E-state index in [1.165, 1.54) is 6.92 Å². The molecule has 0 bridgehead atoms. The number of nitrogens with zero attached hydrogens (tertiary/aromatic N) is 1. The first-order valence-electron chi connectivity index (χ1n) is 7.67. The molecule has 0 radical (unpaired) electrons. The van der Waals surface area contributed by atoms with Crippen molar-refractivity contribution in [3.8, 4) is 0 Å². The third-order valence-electron chi connectivity index (χ3n) is 3.84. The maximum absolute atomic E-state index is 13.0. The van der Waals surface area contributed by atoms with Crippen LogP contribution in [-0.4, -0.2) is 17.4 Å². The van der Waals surface area contributed by atoms with Crippen molar-refractivity contribution >= 4 is 50.3 Å². The molecule has 0 atom stereocenters. The van der Waals surface area contributed by atoms with Gasteiger partial charge in [0, 0.05) is 21.1 Å². The lowest BCUT2D eigenvalue weighted by Gasteiger charge is -2.07. The van der Waals surface area contributed by atoms with E-state index in [0.29, 0.717) is 11.4 Å². The predicted octanol–water partition coefficient (Wildman–Crippen LogP) is 5.62. The Morgan fingerprint density at radius 2 is 2.00 bits per heavy atom. The van der Waals surface area contributed by atoms with Gasteiger partial charge in [0.15, 0.2) is 5.69 Å². The minimum Gasteiger partial charge on any atom is -0.351 e. The molecule has 3 rings (SSSR count). The van der Waals surface area contributed by atoms with Gasteiger partial charge in [0.1, 0.15) is 4.88 Å². The van der Waals surface area contributed by atoms with Crippen LogP contribution in [0.4, 0.5) is 13.2 Å².